The van der Waals surface area contributed by atoms with Crippen LogP contribution in [-0.2, 0) is 4.79 Å². The van der Waals surface area contributed by atoms with E-state index in [1.165, 1.54) is 12.0 Å². The SMILES string of the molecule is CN1CCC/C(=C\C=O)CC1. The molecule has 0 aromatic heterocycles. The standard InChI is InChI=1S/C9H15NO/c1-10-6-2-3-9(4-7-10)5-8-11/h5,8H,2-4,6-7H2,1H3/b9-5+. The molecule has 1 aliphatic heterocycles. The predicted molar refractivity (Wildman–Crippen MR) is 45.5 cm³/mol. The number of likely N-dealkylation sites (tertiary alicyclic amines) is 1. The Morgan fingerprint density at radius 3 is 2.91 bits per heavy atom. The number of hydrogen-bond donors (Lipinski definition) is 0. The number of carbonyl (C=O) groups is 1. The van der Waals surface area contributed by atoms with Gasteiger partial charge in [0.05, 0.1) is 0 Å². The molecule has 0 aliphatic carbocycles. The zero-order chi connectivity index (χ0) is 8.10. The highest BCUT2D eigenvalue weighted by Gasteiger charge is 2.06. The van der Waals surface area contributed by atoms with Gasteiger partial charge in [-0.25, -0.2) is 0 Å². The van der Waals surface area contributed by atoms with Crippen LogP contribution in [0, 0.1) is 0 Å². The average molecular weight is 153 g/mol. The van der Waals surface area contributed by atoms with E-state index in [4.69, 9.17) is 0 Å². The Balaban J connectivity index is 2.46. The fraction of sp³-hybridized carbons (Fsp3) is 0.667. The molecule has 2 heteroatoms. The van der Waals surface area contributed by atoms with E-state index in [1.54, 1.807) is 6.08 Å². The molecule has 0 spiro atoms. The fourth-order valence-corrected chi connectivity index (χ4v) is 1.41. The minimum Gasteiger partial charge on any atom is -0.306 e. The lowest BCUT2D eigenvalue weighted by Crippen LogP contribution is -2.18. The van der Waals surface area contributed by atoms with E-state index < -0.39 is 0 Å². The van der Waals surface area contributed by atoms with Crippen molar-refractivity contribution in [3.05, 3.63) is 11.6 Å². The zero-order valence-electron chi connectivity index (χ0n) is 7.05. The van der Waals surface area contributed by atoms with Gasteiger partial charge in [0.15, 0.2) is 0 Å². The summed E-state index contributed by atoms with van der Waals surface area (Å²) in [6.45, 7) is 2.26. The first-order valence-electron chi connectivity index (χ1n) is 4.14. The van der Waals surface area contributed by atoms with E-state index in [0.29, 0.717) is 0 Å². The van der Waals surface area contributed by atoms with Crippen LogP contribution in [0.3, 0.4) is 0 Å². The second-order valence-corrected chi connectivity index (χ2v) is 3.12. The van der Waals surface area contributed by atoms with E-state index in [0.717, 1.165) is 32.2 Å². The molecule has 0 aromatic carbocycles. The molecule has 11 heavy (non-hydrogen) atoms. The lowest BCUT2D eigenvalue weighted by molar-refractivity contribution is -0.104. The van der Waals surface area contributed by atoms with Gasteiger partial charge in [-0.1, -0.05) is 5.57 Å². The van der Waals surface area contributed by atoms with Crippen molar-refractivity contribution >= 4 is 6.29 Å². The summed E-state index contributed by atoms with van der Waals surface area (Å²) in [5, 5.41) is 0. The molecule has 2 nitrogen and oxygen atoms in total. The van der Waals surface area contributed by atoms with Gasteiger partial charge in [-0.05, 0) is 38.9 Å². The Morgan fingerprint density at radius 1 is 1.36 bits per heavy atom. The van der Waals surface area contributed by atoms with Gasteiger partial charge in [0.1, 0.15) is 6.29 Å². The van der Waals surface area contributed by atoms with Crippen LogP contribution in [0.1, 0.15) is 19.3 Å². The number of aldehydes is 1. The highest BCUT2D eigenvalue weighted by atomic mass is 16.1. The molecule has 1 heterocycles. The smallest absolute Gasteiger partial charge is 0.142 e. The molecule has 1 aliphatic rings. The van der Waals surface area contributed by atoms with E-state index >= 15 is 0 Å². The van der Waals surface area contributed by atoms with Crippen molar-refractivity contribution in [3.63, 3.8) is 0 Å². The van der Waals surface area contributed by atoms with Crippen molar-refractivity contribution in [3.8, 4) is 0 Å². The van der Waals surface area contributed by atoms with Crippen molar-refractivity contribution in [1.29, 1.82) is 0 Å². The summed E-state index contributed by atoms with van der Waals surface area (Å²) < 4.78 is 0. The van der Waals surface area contributed by atoms with Gasteiger partial charge in [0.2, 0.25) is 0 Å². The second-order valence-electron chi connectivity index (χ2n) is 3.12. The topological polar surface area (TPSA) is 20.3 Å². The van der Waals surface area contributed by atoms with Gasteiger partial charge < -0.3 is 4.90 Å². The van der Waals surface area contributed by atoms with Crippen molar-refractivity contribution in [2.45, 2.75) is 19.3 Å². The summed E-state index contributed by atoms with van der Waals surface area (Å²) in [7, 11) is 2.13. The molecular weight excluding hydrogens is 138 g/mol. The molecule has 0 aromatic rings. The molecule has 0 saturated carbocycles. The first kappa shape index (κ1) is 8.47. The van der Waals surface area contributed by atoms with Crippen LogP contribution in [0.2, 0.25) is 0 Å². The molecule has 62 valence electrons. The third-order valence-electron chi connectivity index (χ3n) is 2.16. The molecule has 1 saturated heterocycles. The predicted octanol–water partition coefficient (Wildman–Crippen LogP) is 1.23. The third-order valence-corrected chi connectivity index (χ3v) is 2.16. The molecule has 1 rings (SSSR count). The van der Waals surface area contributed by atoms with Gasteiger partial charge in [-0.15, -0.1) is 0 Å². The third kappa shape index (κ3) is 2.85. The average Bonchev–Trinajstić information content (AvgIpc) is 2.17. The van der Waals surface area contributed by atoms with Crippen LogP contribution < -0.4 is 0 Å². The van der Waals surface area contributed by atoms with E-state index in [2.05, 4.69) is 11.9 Å². The maximum atomic E-state index is 10.2. The van der Waals surface area contributed by atoms with Crippen LogP contribution >= 0.6 is 0 Å². The molecule has 0 bridgehead atoms. The quantitative estimate of drug-likeness (QED) is 0.417. The van der Waals surface area contributed by atoms with E-state index in [9.17, 15) is 4.79 Å². The molecule has 0 N–H and O–H groups in total. The Labute approximate surface area is 67.9 Å². The van der Waals surface area contributed by atoms with Crippen molar-refractivity contribution in [2.75, 3.05) is 20.1 Å². The van der Waals surface area contributed by atoms with Crippen LogP contribution in [0.4, 0.5) is 0 Å². The molecular formula is C9H15NO. The fourth-order valence-electron chi connectivity index (χ4n) is 1.41. The first-order valence-corrected chi connectivity index (χ1v) is 4.14. The van der Waals surface area contributed by atoms with E-state index in [1.807, 2.05) is 0 Å². The molecule has 0 amide bonds. The molecule has 0 unspecified atom stereocenters. The number of carbonyl (C=O) groups excluding carboxylic acids is 1. The van der Waals surface area contributed by atoms with Crippen molar-refractivity contribution < 1.29 is 4.79 Å². The van der Waals surface area contributed by atoms with Crippen LogP contribution in [0.15, 0.2) is 11.6 Å². The van der Waals surface area contributed by atoms with Crippen LogP contribution in [0.25, 0.3) is 0 Å². The largest absolute Gasteiger partial charge is 0.306 e. The highest BCUT2D eigenvalue weighted by Crippen LogP contribution is 2.14. The highest BCUT2D eigenvalue weighted by molar-refractivity contribution is 5.66. The summed E-state index contributed by atoms with van der Waals surface area (Å²) in [4.78, 5) is 12.5. The Hall–Kier alpha value is -0.630. The minimum absolute atomic E-state index is 0.903. The Kier molecular flexibility index (Phi) is 3.30. The molecule has 0 radical (unpaired) electrons. The number of rotatable bonds is 1. The van der Waals surface area contributed by atoms with Gasteiger partial charge in [0, 0.05) is 6.54 Å². The summed E-state index contributed by atoms with van der Waals surface area (Å²) in [5.74, 6) is 0. The van der Waals surface area contributed by atoms with Gasteiger partial charge in [-0.3, -0.25) is 4.79 Å². The molecule has 0 atom stereocenters. The number of allylic oxidation sites excluding steroid dienone is 1. The summed E-state index contributed by atoms with van der Waals surface area (Å²) >= 11 is 0. The maximum absolute atomic E-state index is 10.2. The minimum atomic E-state index is 0.903. The van der Waals surface area contributed by atoms with E-state index in [-0.39, 0.29) is 0 Å². The lowest BCUT2D eigenvalue weighted by Gasteiger charge is -2.10. The zero-order valence-corrected chi connectivity index (χ0v) is 7.05. The summed E-state index contributed by atoms with van der Waals surface area (Å²) in [5.41, 5.74) is 1.31. The summed E-state index contributed by atoms with van der Waals surface area (Å²) in [6.07, 6.45) is 5.98. The monoisotopic (exact) mass is 153 g/mol. The van der Waals surface area contributed by atoms with Gasteiger partial charge >= 0.3 is 0 Å². The Bertz CT molecular complexity index is 163. The summed E-state index contributed by atoms with van der Waals surface area (Å²) in [6, 6.07) is 0. The normalized spacial score (nSPS) is 25.0. The van der Waals surface area contributed by atoms with Crippen molar-refractivity contribution in [1.82, 2.24) is 4.90 Å². The molecule has 1 fully saturated rings. The van der Waals surface area contributed by atoms with Crippen LogP contribution in [0.5, 0.6) is 0 Å². The Morgan fingerprint density at radius 2 is 2.18 bits per heavy atom. The maximum Gasteiger partial charge on any atom is 0.142 e. The number of hydrogen-bond acceptors (Lipinski definition) is 2. The second kappa shape index (κ2) is 4.29. The lowest BCUT2D eigenvalue weighted by atomic mass is 10.1. The van der Waals surface area contributed by atoms with Crippen LogP contribution in [-0.4, -0.2) is 31.3 Å². The number of nitrogens with zero attached hydrogens (tertiary/aromatic N) is 1. The van der Waals surface area contributed by atoms with Gasteiger partial charge in [0.25, 0.3) is 0 Å². The van der Waals surface area contributed by atoms with Crippen molar-refractivity contribution in [2.24, 2.45) is 0 Å². The first-order chi connectivity index (χ1) is 5.33. The van der Waals surface area contributed by atoms with Gasteiger partial charge in [-0.2, -0.15) is 0 Å².